The van der Waals surface area contributed by atoms with Crippen molar-refractivity contribution in [2.45, 2.75) is 79.1 Å². The van der Waals surface area contributed by atoms with Crippen molar-refractivity contribution in [1.82, 2.24) is 0 Å². The standard InChI is InChI=1S/C15H30/c1-5-11-15(3,4)12-14-10-8-7-9-13(14)6-2/h13-14H,5-12H2,1-4H3. The topological polar surface area (TPSA) is 0 Å². The van der Waals surface area contributed by atoms with Crippen LogP contribution in [0.2, 0.25) is 0 Å². The molecule has 0 aliphatic heterocycles. The van der Waals surface area contributed by atoms with E-state index in [1.165, 1.54) is 51.4 Å². The first-order valence-corrected chi connectivity index (χ1v) is 7.09. The van der Waals surface area contributed by atoms with Gasteiger partial charge in [0, 0.05) is 0 Å². The van der Waals surface area contributed by atoms with Crippen LogP contribution in [-0.4, -0.2) is 0 Å². The van der Waals surface area contributed by atoms with Crippen molar-refractivity contribution < 1.29 is 0 Å². The number of hydrogen-bond donors (Lipinski definition) is 0. The molecule has 1 aliphatic carbocycles. The third kappa shape index (κ3) is 4.17. The van der Waals surface area contributed by atoms with Gasteiger partial charge in [-0.3, -0.25) is 0 Å². The second-order valence-electron chi connectivity index (χ2n) is 6.33. The highest BCUT2D eigenvalue weighted by atomic mass is 14.3. The molecule has 0 heteroatoms. The molecule has 0 aromatic carbocycles. The fourth-order valence-electron chi connectivity index (χ4n) is 3.58. The van der Waals surface area contributed by atoms with Crippen molar-refractivity contribution in [3.63, 3.8) is 0 Å². The smallest absolute Gasteiger partial charge is 0.0352 e. The molecule has 0 aromatic rings. The molecule has 1 aliphatic rings. The molecule has 90 valence electrons. The summed E-state index contributed by atoms with van der Waals surface area (Å²) in [6, 6.07) is 0. The van der Waals surface area contributed by atoms with Crippen LogP contribution in [-0.2, 0) is 0 Å². The Morgan fingerprint density at radius 2 is 1.60 bits per heavy atom. The molecule has 0 bridgehead atoms. The molecule has 2 unspecified atom stereocenters. The molecule has 0 N–H and O–H groups in total. The Labute approximate surface area is 96.8 Å². The summed E-state index contributed by atoms with van der Waals surface area (Å²) in [6.45, 7) is 9.64. The zero-order chi connectivity index (χ0) is 11.3. The largest absolute Gasteiger partial charge is 0.0654 e. The molecule has 0 radical (unpaired) electrons. The van der Waals surface area contributed by atoms with Crippen molar-refractivity contribution in [1.29, 1.82) is 0 Å². The molecule has 0 saturated heterocycles. The van der Waals surface area contributed by atoms with Crippen LogP contribution in [0.25, 0.3) is 0 Å². The first-order chi connectivity index (χ1) is 7.09. The third-order valence-electron chi connectivity index (χ3n) is 4.33. The van der Waals surface area contributed by atoms with E-state index in [4.69, 9.17) is 0 Å². The molecule has 0 heterocycles. The van der Waals surface area contributed by atoms with Crippen molar-refractivity contribution in [3.8, 4) is 0 Å². The molecule has 2 atom stereocenters. The summed E-state index contributed by atoms with van der Waals surface area (Å²) in [5, 5.41) is 0. The first-order valence-electron chi connectivity index (χ1n) is 7.09. The van der Waals surface area contributed by atoms with Gasteiger partial charge in [0.1, 0.15) is 0 Å². The van der Waals surface area contributed by atoms with Gasteiger partial charge in [-0.2, -0.15) is 0 Å². The van der Waals surface area contributed by atoms with Gasteiger partial charge in [-0.05, 0) is 30.1 Å². The van der Waals surface area contributed by atoms with E-state index in [9.17, 15) is 0 Å². The Morgan fingerprint density at radius 3 is 2.13 bits per heavy atom. The van der Waals surface area contributed by atoms with E-state index in [0.29, 0.717) is 5.41 Å². The quantitative estimate of drug-likeness (QED) is 0.568. The van der Waals surface area contributed by atoms with Gasteiger partial charge in [0.25, 0.3) is 0 Å². The van der Waals surface area contributed by atoms with Crippen LogP contribution < -0.4 is 0 Å². The Morgan fingerprint density at radius 1 is 1.00 bits per heavy atom. The van der Waals surface area contributed by atoms with Crippen molar-refractivity contribution >= 4 is 0 Å². The highest BCUT2D eigenvalue weighted by molar-refractivity contribution is 4.80. The third-order valence-corrected chi connectivity index (χ3v) is 4.33. The normalized spacial score (nSPS) is 28.0. The summed E-state index contributed by atoms with van der Waals surface area (Å²) in [4.78, 5) is 0. The summed E-state index contributed by atoms with van der Waals surface area (Å²) in [5.74, 6) is 2.07. The highest BCUT2D eigenvalue weighted by Crippen LogP contribution is 2.41. The lowest BCUT2D eigenvalue weighted by Gasteiger charge is -2.37. The maximum absolute atomic E-state index is 2.47. The van der Waals surface area contributed by atoms with Gasteiger partial charge in [-0.25, -0.2) is 0 Å². The molecule has 1 saturated carbocycles. The van der Waals surface area contributed by atoms with Gasteiger partial charge in [-0.15, -0.1) is 0 Å². The van der Waals surface area contributed by atoms with E-state index in [1.807, 2.05) is 0 Å². The Hall–Kier alpha value is 0. The summed E-state index contributed by atoms with van der Waals surface area (Å²) in [5.41, 5.74) is 0.587. The van der Waals surface area contributed by atoms with Crippen molar-refractivity contribution in [2.24, 2.45) is 17.3 Å². The first kappa shape index (κ1) is 13.1. The van der Waals surface area contributed by atoms with Crippen LogP contribution >= 0.6 is 0 Å². The molecular weight excluding hydrogens is 180 g/mol. The van der Waals surface area contributed by atoms with E-state index >= 15 is 0 Å². The average molecular weight is 210 g/mol. The van der Waals surface area contributed by atoms with E-state index < -0.39 is 0 Å². The van der Waals surface area contributed by atoms with E-state index in [0.717, 1.165) is 11.8 Å². The van der Waals surface area contributed by atoms with Gasteiger partial charge in [-0.1, -0.05) is 66.2 Å². The Kier molecular flexibility index (Phi) is 5.15. The van der Waals surface area contributed by atoms with Gasteiger partial charge >= 0.3 is 0 Å². The Bertz CT molecular complexity index is 169. The van der Waals surface area contributed by atoms with Gasteiger partial charge in [0.2, 0.25) is 0 Å². The number of rotatable bonds is 5. The minimum Gasteiger partial charge on any atom is -0.0654 e. The maximum Gasteiger partial charge on any atom is -0.0352 e. The van der Waals surface area contributed by atoms with Crippen LogP contribution in [0.1, 0.15) is 79.1 Å². The molecule has 0 amide bonds. The molecule has 0 nitrogen and oxygen atoms in total. The molecule has 0 spiro atoms. The maximum atomic E-state index is 2.47. The van der Waals surface area contributed by atoms with Crippen molar-refractivity contribution in [3.05, 3.63) is 0 Å². The van der Waals surface area contributed by atoms with E-state index in [-0.39, 0.29) is 0 Å². The zero-order valence-electron chi connectivity index (χ0n) is 11.3. The second-order valence-corrected chi connectivity index (χ2v) is 6.33. The minimum atomic E-state index is 0.587. The molecule has 1 fully saturated rings. The summed E-state index contributed by atoms with van der Waals surface area (Å²) in [6.07, 6.45) is 11.6. The van der Waals surface area contributed by atoms with Crippen LogP contribution in [0.4, 0.5) is 0 Å². The summed E-state index contributed by atoms with van der Waals surface area (Å²) < 4.78 is 0. The lowest BCUT2D eigenvalue weighted by atomic mass is 9.69. The summed E-state index contributed by atoms with van der Waals surface area (Å²) in [7, 11) is 0. The highest BCUT2D eigenvalue weighted by Gasteiger charge is 2.29. The van der Waals surface area contributed by atoms with Gasteiger partial charge in [0.15, 0.2) is 0 Å². The zero-order valence-corrected chi connectivity index (χ0v) is 11.3. The van der Waals surface area contributed by atoms with Crippen LogP contribution in [0.15, 0.2) is 0 Å². The average Bonchev–Trinajstić information content (AvgIpc) is 2.17. The second kappa shape index (κ2) is 5.92. The van der Waals surface area contributed by atoms with Crippen LogP contribution in [0, 0.1) is 17.3 Å². The lowest BCUT2D eigenvalue weighted by Crippen LogP contribution is -2.25. The van der Waals surface area contributed by atoms with Crippen molar-refractivity contribution in [2.75, 3.05) is 0 Å². The van der Waals surface area contributed by atoms with E-state index in [2.05, 4.69) is 27.7 Å². The SMILES string of the molecule is CCCC(C)(C)CC1CCCCC1CC. The molecule has 1 rings (SSSR count). The minimum absolute atomic E-state index is 0.587. The van der Waals surface area contributed by atoms with Gasteiger partial charge < -0.3 is 0 Å². The predicted molar refractivity (Wildman–Crippen MR) is 69.0 cm³/mol. The van der Waals surface area contributed by atoms with Crippen LogP contribution in [0.5, 0.6) is 0 Å². The number of hydrogen-bond acceptors (Lipinski definition) is 0. The van der Waals surface area contributed by atoms with Gasteiger partial charge in [0.05, 0.1) is 0 Å². The fraction of sp³-hybridized carbons (Fsp3) is 1.00. The lowest BCUT2D eigenvalue weighted by molar-refractivity contribution is 0.147. The molecule has 0 aromatic heterocycles. The molecular formula is C15H30. The van der Waals surface area contributed by atoms with Crippen LogP contribution in [0.3, 0.4) is 0 Å². The molecule has 15 heavy (non-hydrogen) atoms. The monoisotopic (exact) mass is 210 g/mol. The predicted octanol–water partition coefficient (Wildman–Crippen LogP) is 5.42. The summed E-state index contributed by atoms with van der Waals surface area (Å²) >= 11 is 0. The fourth-order valence-corrected chi connectivity index (χ4v) is 3.58. The Balaban J connectivity index is 2.46. The van der Waals surface area contributed by atoms with E-state index in [1.54, 1.807) is 0 Å².